The van der Waals surface area contributed by atoms with Crippen molar-refractivity contribution >= 4 is 6.16 Å². The van der Waals surface area contributed by atoms with E-state index in [0.29, 0.717) is 6.42 Å². The Bertz CT molecular complexity index is 356. The van der Waals surface area contributed by atoms with Gasteiger partial charge in [-0.05, 0) is 17.7 Å². The Morgan fingerprint density at radius 2 is 2.12 bits per heavy atom. The molecule has 0 radical (unpaired) electrons. The summed E-state index contributed by atoms with van der Waals surface area (Å²) in [5.41, 5.74) is 0.781. The van der Waals surface area contributed by atoms with Crippen molar-refractivity contribution in [3.8, 4) is 5.75 Å². The van der Waals surface area contributed by atoms with Crippen molar-refractivity contribution in [1.29, 1.82) is 0 Å². The Labute approximate surface area is 94.1 Å². The van der Waals surface area contributed by atoms with Gasteiger partial charge in [0.2, 0.25) is 0 Å². The number of carboxylic acid groups (broad SMARTS) is 1. The number of methoxy groups -OCH3 is 1. The lowest BCUT2D eigenvalue weighted by molar-refractivity contribution is 0.0524. The molecule has 0 bridgehead atoms. The Hall–Kier alpha value is -1.97. The van der Waals surface area contributed by atoms with Crippen LogP contribution in [0.5, 0.6) is 5.75 Å². The molecule has 86 valence electrons. The van der Waals surface area contributed by atoms with Gasteiger partial charge in [-0.2, -0.15) is 0 Å². The zero-order chi connectivity index (χ0) is 12.0. The van der Waals surface area contributed by atoms with Crippen LogP contribution in [0.25, 0.3) is 0 Å². The maximum atomic E-state index is 10.5. The fourth-order valence-corrected chi connectivity index (χ4v) is 1.34. The van der Waals surface area contributed by atoms with Crippen molar-refractivity contribution < 1.29 is 19.4 Å². The molecular weight excluding hydrogens is 208 g/mol. The van der Waals surface area contributed by atoms with E-state index in [9.17, 15) is 4.79 Å². The van der Waals surface area contributed by atoms with E-state index in [0.717, 1.165) is 11.3 Å². The van der Waals surface area contributed by atoms with E-state index in [-0.39, 0.29) is 0 Å². The standard InChI is InChI=1S/C12H14O4/c1-3-4-11(16-12(13)14)9-5-7-10(15-2)8-6-9/h3,5-8,11H,1,4H2,2H3,(H,13,14). The first kappa shape index (κ1) is 12.1. The first-order chi connectivity index (χ1) is 7.67. The number of carbonyl (C=O) groups is 1. The summed E-state index contributed by atoms with van der Waals surface area (Å²) in [4.78, 5) is 10.5. The van der Waals surface area contributed by atoms with E-state index in [1.807, 2.05) is 0 Å². The predicted molar refractivity (Wildman–Crippen MR) is 59.7 cm³/mol. The lowest BCUT2D eigenvalue weighted by Crippen LogP contribution is -2.08. The van der Waals surface area contributed by atoms with Crippen molar-refractivity contribution in [2.24, 2.45) is 0 Å². The Morgan fingerprint density at radius 1 is 1.50 bits per heavy atom. The molecule has 0 saturated heterocycles. The average Bonchev–Trinajstić information content (AvgIpc) is 2.28. The van der Waals surface area contributed by atoms with Gasteiger partial charge in [0.15, 0.2) is 0 Å². The van der Waals surface area contributed by atoms with E-state index < -0.39 is 12.3 Å². The zero-order valence-corrected chi connectivity index (χ0v) is 9.05. The molecule has 1 aromatic rings. The second kappa shape index (κ2) is 5.80. The molecule has 0 aliphatic carbocycles. The molecule has 4 nitrogen and oxygen atoms in total. The van der Waals surface area contributed by atoms with Gasteiger partial charge in [0.05, 0.1) is 7.11 Å². The molecular formula is C12H14O4. The summed E-state index contributed by atoms with van der Waals surface area (Å²) in [6.07, 6.45) is 0.264. The largest absolute Gasteiger partial charge is 0.506 e. The number of rotatable bonds is 5. The fourth-order valence-electron chi connectivity index (χ4n) is 1.34. The summed E-state index contributed by atoms with van der Waals surface area (Å²) < 4.78 is 9.77. The van der Waals surface area contributed by atoms with Gasteiger partial charge >= 0.3 is 6.16 Å². The van der Waals surface area contributed by atoms with Crippen LogP contribution in [-0.2, 0) is 4.74 Å². The molecule has 16 heavy (non-hydrogen) atoms. The van der Waals surface area contributed by atoms with Crippen molar-refractivity contribution in [1.82, 2.24) is 0 Å². The summed E-state index contributed by atoms with van der Waals surface area (Å²) in [5, 5.41) is 8.59. The smallest absolute Gasteiger partial charge is 0.497 e. The van der Waals surface area contributed by atoms with Gasteiger partial charge in [-0.15, -0.1) is 6.58 Å². The normalized spacial score (nSPS) is 11.6. The third-order valence-corrected chi connectivity index (χ3v) is 2.11. The number of hydrogen-bond acceptors (Lipinski definition) is 3. The van der Waals surface area contributed by atoms with Crippen molar-refractivity contribution in [2.45, 2.75) is 12.5 Å². The molecule has 0 saturated carbocycles. The van der Waals surface area contributed by atoms with Crippen LogP contribution in [0.1, 0.15) is 18.1 Å². The molecule has 0 fully saturated rings. The molecule has 0 aromatic heterocycles. The first-order valence-corrected chi connectivity index (χ1v) is 4.81. The van der Waals surface area contributed by atoms with Crippen LogP contribution >= 0.6 is 0 Å². The molecule has 0 aliphatic rings. The lowest BCUT2D eigenvalue weighted by Gasteiger charge is -2.14. The minimum absolute atomic E-state index is 0.443. The molecule has 0 aliphatic heterocycles. The Kier molecular flexibility index (Phi) is 4.39. The number of benzene rings is 1. The van der Waals surface area contributed by atoms with Crippen LogP contribution in [0.4, 0.5) is 4.79 Å². The van der Waals surface area contributed by atoms with Gasteiger partial charge < -0.3 is 14.6 Å². The van der Waals surface area contributed by atoms with Crippen molar-refractivity contribution in [3.05, 3.63) is 42.5 Å². The number of ether oxygens (including phenoxy) is 2. The van der Waals surface area contributed by atoms with Gasteiger partial charge in [0.1, 0.15) is 11.9 Å². The highest BCUT2D eigenvalue weighted by Gasteiger charge is 2.14. The van der Waals surface area contributed by atoms with Crippen LogP contribution in [0.15, 0.2) is 36.9 Å². The SMILES string of the molecule is C=CCC(OC(=O)O)c1ccc(OC)cc1. The molecule has 1 atom stereocenters. The van der Waals surface area contributed by atoms with Gasteiger partial charge in [0.25, 0.3) is 0 Å². The topological polar surface area (TPSA) is 55.8 Å². The monoisotopic (exact) mass is 222 g/mol. The Balaban J connectivity index is 2.82. The maximum absolute atomic E-state index is 10.5. The maximum Gasteiger partial charge on any atom is 0.506 e. The van der Waals surface area contributed by atoms with Gasteiger partial charge in [0, 0.05) is 6.42 Å². The third-order valence-electron chi connectivity index (χ3n) is 2.11. The van der Waals surface area contributed by atoms with E-state index in [1.165, 1.54) is 0 Å². The highest BCUT2D eigenvalue weighted by molar-refractivity contribution is 5.57. The van der Waals surface area contributed by atoms with E-state index in [2.05, 4.69) is 6.58 Å². The molecule has 1 unspecified atom stereocenters. The van der Waals surface area contributed by atoms with Gasteiger partial charge in [-0.3, -0.25) is 0 Å². The van der Waals surface area contributed by atoms with Crippen molar-refractivity contribution in [3.63, 3.8) is 0 Å². The molecule has 1 N–H and O–H groups in total. The van der Waals surface area contributed by atoms with Crippen LogP contribution in [-0.4, -0.2) is 18.4 Å². The molecule has 0 spiro atoms. The molecule has 0 heterocycles. The minimum atomic E-state index is -1.29. The number of hydrogen-bond donors (Lipinski definition) is 1. The van der Waals surface area contributed by atoms with Gasteiger partial charge in [-0.25, -0.2) is 4.79 Å². The summed E-state index contributed by atoms with van der Waals surface area (Å²) in [5.74, 6) is 0.719. The van der Waals surface area contributed by atoms with Crippen LogP contribution in [0, 0.1) is 0 Å². The third kappa shape index (κ3) is 3.31. The van der Waals surface area contributed by atoms with E-state index >= 15 is 0 Å². The molecule has 4 heteroatoms. The predicted octanol–water partition coefficient (Wildman–Crippen LogP) is 3.01. The summed E-state index contributed by atoms with van der Waals surface area (Å²) >= 11 is 0. The average molecular weight is 222 g/mol. The van der Waals surface area contributed by atoms with Crippen molar-refractivity contribution in [2.75, 3.05) is 7.11 Å². The minimum Gasteiger partial charge on any atom is -0.497 e. The van der Waals surface area contributed by atoms with Crippen LogP contribution in [0.2, 0.25) is 0 Å². The first-order valence-electron chi connectivity index (χ1n) is 4.81. The highest BCUT2D eigenvalue weighted by atomic mass is 16.7. The zero-order valence-electron chi connectivity index (χ0n) is 9.05. The molecule has 1 rings (SSSR count). The fraction of sp³-hybridized carbons (Fsp3) is 0.250. The van der Waals surface area contributed by atoms with E-state index in [1.54, 1.807) is 37.5 Å². The van der Waals surface area contributed by atoms with Gasteiger partial charge in [-0.1, -0.05) is 18.2 Å². The summed E-state index contributed by atoms with van der Waals surface area (Å²) in [6.45, 7) is 3.57. The summed E-state index contributed by atoms with van der Waals surface area (Å²) in [7, 11) is 1.57. The van der Waals surface area contributed by atoms with Crippen LogP contribution in [0.3, 0.4) is 0 Å². The Morgan fingerprint density at radius 3 is 2.56 bits per heavy atom. The molecule has 1 aromatic carbocycles. The van der Waals surface area contributed by atoms with Crippen LogP contribution < -0.4 is 4.74 Å². The van der Waals surface area contributed by atoms with E-state index in [4.69, 9.17) is 14.6 Å². The summed E-state index contributed by atoms with van der Waals surface area (Å²) in [6, 6.07) is 7.07. The highest BCUT2D eigenvalue weighted by Crippen LogP contribution is 2.23. The lowest BCUT2D eigenvalue weighted by atomic mass is 10.1. The second-order valence-corrected chi connectivity index (χ2v) is 3.17. The molecule has 0 amide bonds. The second-order valence-electron chi connectivity index (χ2n) is 3.17. The quantitative estimate of drug-likeness (QED) is 0.614.